The van der Waals surface area contributed by atoms with Crippen molar-refractivity contribution in [3.63, 3.8) is 0 Å². The zero-order valence-corrected chi connectivity index (χ0v) is 21.7. The molecule has 0 N–H and O–H groups in total. The fraction of sp³-hybridized carbons (Fsp3) is 0.516. The summed E-state index contributed by atoms with van der Waals surface area (Å²) in [6.45, 7) is 17.8. The Morgan fingerprint density at radius 2 is 1.81 bits per heavy atom. The third-order valence-electron chi connectivity index (χ3n) is 7.44. The van der Waals surface area contributed by atoms with Gasteiger partial charge in [-0.25, -0.2) is 0 Å². The highest BCUT2D eigenvalue weighted by Gasteiger charge is 2.41. The number of nitrogens with zero attached hydrogens (tertiary/aromatic N) is 1. The molecule has 1 nitrogen and oxygen atoms in total. The summed E-state index contributed by atoms with van der Waals surface area (Å²) in [7, 11) is 0. The molecule has 3 aliphatic carbocycles. The van der Waals surface area contributed by atoms with Crippen molar-refractivity contribution >= 4 is 16.3 Å². The summed E-state index contributed by atoms with van der Waals surface area (Å²) in [5.41, 5.74) is 9.04. The van der Waals surface area contributed by atoms with Crippen LogP contribution in [-0.4, -0.2) is 4.98 Å². The third-order valence-corrected chi connectivity index (χ3v) is 7.44. The molecule has 3 aliphatic rings. The number of allylic oxidation sites excluding steroid dienone is 6. The van der Waals surface area contributed by atoms with Gasteiger partial charge in [0.25, 0.3) is 0 Å². The molecule has 1 unspecified atom stereocenters. The van der Waals surface area contributed by atoms with E-state index in [0.29, 0.717) is 5.92 Å². The van der Waals surface area contributed by atoms with Gasteiger partial charge in [0.05, 0.1) is 5.69 Å². The average Bonchev–Trinajstić information content (AvgIpc) is 2.78. The third kappa shape index (κ3) is 4.36. The topological polar surface area (TPSA) is 12.9 Å². The Balaban J connectivity index is 0.000000368. The van der Waals surface area contributed by atoms with Crippen LogP contribution in [0.2, 0.25) is 0 Å². The first kappa shape index (κ1) is 24.5. The van der Waals surface area contributed by atoms with E-state index in [1.165, 1.54) is 53.3 Å². The lowest BCUT2D eigenvalue weighted by atomic mass is 9.61. The predicted octanol–water partition coefficient (Wildman–Crippen LogP) is 9.43. The maximum absolute atomic E-state index is 4.92. The molecule has 5 rings (SSSR count). The van der Waals surface area contributed by atoms with E-state index in [-0.39, 0.29) is 5.41 Å². The van der Waals surface area contributed by atoms with E-state index in [9.17, 15) is 0 Å². The van der Waals surface area contributed by atoms with Crippen LogP contribution in [0.3, 0.4) is 0 Å². The normalized spacial score (nSPS) is 20.6. The van der Waals surface area contributed by atoms with Gasteiger partial charge in [-0.1, -0.05) is 90.8 Å². The lowest BCUT2D eigenvalue weighted by Gasteiger charge is -2.43. The van der Waals surface area contributed by atoms with E-state index in [0.717, 1.165) is 12.3 Å². The maximum atomic E-state index is 4.92. The lowest BCUT2D eigenvalue weighted by molar-refractivity contribution is 0.567. The molecular formula is C31H43N. The number of rotatable bonds is 1. The van der Waals surface area contributed by atoms with Crippen LogP contribution >= 0.6 is 0 Å². The smallest absolute Gasteiger partial charge is 0.0749 e. The molecule has 0 radical (unpaired) electrons. The highest BCUT2D eigenvalue weighted by Crippen LogP contribution is 2.55. The Kier molecular flexibility index (Phi) is 7.80. The molecule has 0 aliphatic heterocycles. The Morgan fingerprint density at radius 3 is 2.50 bits per heavy atom. The minimum atomic E-state index is 0.0434. The Hall–Kier alpha value is -2.15. The number of aromatic nitrogens is 1. The SMILES string of the molecule is CC.CC1=C2CCC=CCC(C2)C2=C1C(C)(C)c1cccc3ccnc2c13.CCC(C)C. The molecule has 1 heterocycles. The number of fused-ring (bicyclic) bond motifs is 4. The minimum absolute atomic E-state index is 0.0434. The van der Waals surface area contributed by atoms with Crippen LogP contribution in [-0.2, 0) is 5.41 Å². The van der Waals surface area contributed by atoms with E-state index >= 15 is 0 Å². The first-order valence-electron chi connectivity index (χ1n) is 12.8. The molecule has 0 saturated carbocycles. The van der Waals surface area contributed by atoms with E-state index < -0.39 is 0 Å². The minimum Gasteiger partial charge on any atom is -0.256 e. The van der Waals surface area contributed by atoms with Gasteiger partial charge >= 0.3 is 0 Å². The molecule has 32 heavy (non-hydrogen) atoms. The summed E-state index contributed by atoms with van der Waals surface area (Å²) in [5, 5.41) is 2.71. The zero-order valence-electron chi connectivity index (χ0n) is 21.7. The molecule has 1 aromatic carbocycles. The van der Waals surface area contributed by atoms with Crippen LogP contribution in [0.25, 0.3) is 16.3 Å². The van der Waals surface area contributed by atoms with Crippen molar-refractivity contribution in [3.8, 4) is 0 Å². The largest absolute Gasteiger partial charge is 0.256 e. The van der Waals surface area contributed by atoms with Crippen molar-refractivity contribution in [1.82, 2.24) is 4.98 Å². The van der Waals surface area contributed by atoms with Crippen molar-refractivity contribution in [1.29, 1.82) is 0 Å². The van der Waals surface area contributed by atoms with Gasteiger partial charge in [0.1, 0.15) is 0 Å². The van der Waals surface area contributed by atoms with Crippen molar-refractivity contribution < 1.29 is 0 Å². The van der Waals surface area contributed by atoms with Gasteiger partial charge in [-0.3, -0.25) is 4.98 Å². The van der Waals surface area contributed by atoms with Crippen LogP contribution in [0.5, 0.6) is 0 Å². The molecule has 2 aromatic rings. The monoisotopic (exact) mass is 429 g/mol. The van der Waals surface area contributed by atoms with Gasteiger partial charge in [-0.15, -0.1) is 0 Å². The predicted molar refractivity (Wildman–Crippen MR) is 142 cm³/mol. The zero-order chi connectivity index (χ0) is 23.5. The Bertz CT molecular complexity index is 1040. The second-order valence-electron chi connectivity index (χ2n) is 10.2. The molecule has 2 bridgehead atoms. The highest BCUT2D eigenvalue weighted by molar-refractivity contribution is 6.00. The van der Waals surface area contributed by atoms with Crippen LogP contribution in [0.15, 0.2) is 59.3 Å². The molecule has 1 heteroatoms. The first-order valence-corrected chi connectivity index (χ1v) is 12.8. The number of benzene rings is 1. The van der Waals surface area contributed by atoms with Crippen LogP contribution < -0.4 is 0 Å². The van der Waals surface area contributed by atoms with Crippen molar-refractivity contribution in [3.05, 3.63) is 70.6 Å². The fourth-order valence-electron chi connectivity index (χ4n) is 5.47. The van der Waals surface area contributed by atoms with E-state index in [1.807, 2.05) is 20.0 Å². The van der Waals surface area contributed by atoms with E-state index in [4.69, 9.17) is 4.98 Å². The average molecular weight is 430 g/mol. The highest BCUT2D eigenvalue weighted by atomic mass is 14.7. The van der Waals surface area contributed by atoms with Gasteiger partial charge in [0.2, 0.25) is 0 Å². The summed E-state index contributed by atoms with van der Waals surface area (Å²) in [6, 6.07) is 8.93. The summed E-state index contributed by atoms with van der Waals surface area (Å²) >= 11 is 0. The summed E-state index contributed by atoms with van der Waals surface area (Å²) in [6.07, 6.45) is 12.8. The molecule has 1 aromatic heterocycles. The van der Waals surface area contributed by atoms with Gasteiger partial charge in [-0.2, -0.15) is 0 Å². The molecule has 0 amide bonds. The molecule has 0 spiro atoms. The molecule has 0 saturated heterocycles. The second-order valence-corrected chi connectivity index (χ2v) is 10.2. The van der Waals surface area contributed by atoms with Crippen LogP contribution in [0.1, 0.15) is 98.8 Å². The quantitative estimate of drug-likeness (QED) is 0.411. The second kappa shape index (κ2) is 10.2. The van der Waals surface area contributed by atoms with E-state index in [2.05, 4.69) is 78.0 Å². The van der Waals surface area contributed by atoms with Crippen molar-refractivity contribution in [2.24, 2.45) is 11.8 Å². The molecular weight excluding hydrogens is 386 g/mol. The van der Waals surface area contributed by atoms with Crippen LogP contribution in [0, 0.1) is 11.8 Å². The molecule has 172 valence electrons. The molecule has 1 atom stereocenters. The number of hydrogen-bond acceptors (Lipinski definition) is 1. The summed E-state index contributed by atoms with van der Waals surface area (Å²) < 4.78 is 0. The standard InChI is InChI=1S/C24H25N.C5H12.C2H6/c1-15-17-8-5-4-6-9-18(14-17)21-22(15)24(2,3)19-11-7-10-16-12-13-25-23(21)20(16)19;1-4-5(2)3;1-2/h4,6-7,10-13,18H,5,8-9,14H2,1-3H3;5H,4H2,1-3H3;1-2H3. The first-order chi connectivity index (χ1) is 15.4. The van der Waals surface area contributed by atoms with Crippen LogP contribution in [0.4, 0.5) is 0 Å². The molecule has 0 fully saturated rings. The van der Waals surface area contributed by atoms with Gasteiger partial charge < -0.3 is 0 Å². The van der Waals surface area contributed by atoms with E-state index in [1.54, 1.807) is 16.7 Å². The summed E-state index contributed by atoms with van der Waals surface area (Å²) in [4.78, 5) is 4.92. The maximum Gasteiger partial charge on any atom is 0.0749 e. The summed E-state index contributed by atoms with van der Waals surface area (Å²) in [5.74, 6) is 1.46. The Labute approximate surface area is 196 Å². The van der Waals surface area contributed by atoms with Gasteiger partial charge in [-0.05, 0) is 78.2 Å². The van der Waals surface area contributed by atoms with Crippen molar-refractivity contribution in [2.75, 3.05) is 0 Å². The van der Waals surface area contributed by atoms with Gasteiger partial charge in [0, 0.05) is 17.0 Å². The Morgan fingerprint density at radius 1 is 1.09 bits per heavy atom. The lowest BCUT2D eigenvalue weighted by Crippen LogP contribution is -2.31. The van der Waals surface area contributed by atoms with Crippen molar-refractivity contribution in [2.45, 2.75) is 92.9 Å². The number of hydrogen-bond donors (Lipinski definition) is 0. The fourth-order valence-corrected chi connectivity index (χ4v) is 5.47. The van der Waals surface area contributed by atoms with Gasteiger partial charge in [0.15, 0.2) is 0 Å². The number of pyridine rings is 1.